The number of rotatable bonds is 14. The first kappa shape index (κ1) is 30.9. The quantitative estimate of drug-likeness (QED) is 0.357. The number of thioether (sulfide) groups is 1. The van der Waals surface area contributed by atoms with Gasteiger partial charge in [0.05, 0.1) is 19.2 Å². The highest BCUT2D eigenvalue weighted by atomic mass is 32.2. The van der Waals surface area contributed by atoms with E-state index >= 15 is 0 Å². The van der Waals surface area contributed by atoms with Crippen molar-refractivity contribution in [1.29, 1.82) is 0 Å². The van der Waals surface area contributed by atoms with E-state index in [9.17, 15) is 14.4 Å². The van der Waals surface area contributed by atoms with Crippen molar-refractivity contribution in [3.05, 3.63) is 48.0 Å². The molecule has 2 aromatic carbocycles. The molecule has 2 amide bonds. The summed E-state index contributed by atoms with van der Waals surface area (Å²) < 4.78 is 5.41. The lowest BCUT2D eigenvalue weighted by Gasteiger charge is -2.32. The SMILES string of the molecule is CSCC[C@H](NC(=O)CN(Cc1cccc2ccccc12)C[C@@H]1CCCN1C(=O)CN(C)C)C(=O)OC(C)C. The summed E-state index contributed by atoms with van der Waals surface area (Å²) in [5.74, 6) is 0.240. The van der Waals surface area contributed by atoms with Gasteiger partial charge in [-0.3, -0.25) is 14.5 Å². The average Bonchev–Trinajstić information content (AvgIpc) is 3.34. The van der Waals surface area contributed by atoms with Gasteiger partial charge in [0.2, 0.25) is 11.8 Å². The number of likely N-dealkylation sites (tertiary alicyclic amines) is 1. The second kappa shape index (κ2) is 15.2. The fourth-order valence-electron chi connectivity index (χ4n) is 5.11. The summed E-state index contributed by atoms with van der Waals surface area (Å²) in [5.41, 5.74) is 1.13. The standard InChI is InChI=1S/C30H44N4O4S/c1-22(2)38-30(37)27(15-17-39-5)31-28(35)20-33(18-24-12-8-11-23-10-6-7-14-26(23)24)19-25-13-9-16-34(25)29(36)21-32(3)4/h6-8,10-12,14,22,25,27H,9,13,15-21H2,1-5H3,(H,31,35)/t25-,27-/m0/s1. The maximum absolute atomic E-state index is 13.4. The molecule has 1 fully saturated rings. The molecular weight excluding hydrogens is 512 g/mol. The highest BCUT2D eigenvalue weighted by Crippen LogP contribution is 2.23. The Hall–Kier alpha value is -2.62. The Balaban J connectivity index is 1.80. The molecule has 39 heavy (non-hydrogen) atoms. The zero-order chi connectivity index (χ0) is 28.4. The Morgan fingerprint density at radius 1 is 1.10 bits per heavy atom. The molecule has 0 radical (unpaired) electrons. The Kier molecular flexibility index (Phi) is 12.1. The molecule has 0 unspecified atom stereocenters. The van der Waals surface area contributed by atoms with E-state index in [1.807, 2.05) is 62.2 Å². The Morgan fingerprint density at radius 2 is 1.85 bits per heavy atom. The van der Waals surface area contributed by atoms with Crippen molar-refractivity contribution in [3.63, 3.8) is 0 Å². The van der Waals surface area contributed by atoms with E-state index < -0.39 is 12.0 Å². The van der Waals surface area contributed by atoms with Crippen molar-refractivity contribution in [1.82, 2.24) is 20.0 Å². The summed E-state index contributed by atoms with van der Waals surface area (Å²) in [6.45, 7) is 6.00. The second-order valence-electron chi connectivity index (χ2n) is 10.8. The molecule has 0 saturated carbocycles. The molecule has 0 aromatic heterocycles. The van der Waals surface area contributed by atoms with E-state index in [1.54, 1.807) is 11.8 Å². The minimum absolute atomic E-state index is 0.0402. The molecule has 1 saturated heterocycles. The molecule has 0 aliphatic carbocycles. The summed E-state index contributed by atoms with van der Waals surface area (Å²) in [4.78, 5) is 45.0. The summed E-state index contributed by atoms with van der Waals surface area (Å²) in [6, 6.07) is 13.8. The second-order valence-corrected chi connectivity index (χ2v) is 11.8. The van der Waals surface area contributed by atoms with Crippen LogP contribution in [0.3, 0.4) is 0 Å². The van der Waals surface area contributed by atoms with Gasteiger partial charge in [0.15, 0.2) is 0 Å². The van der Waals surface area contributed by atoms with E-state index in [0.717, 1.165) is 41.5 Å². The lowest BCUT2D eigenvalue weighted by atomic mass is 10.0. The largest absolute Gasteiger partial charge is 0.461 e. The molecule has 8 nitrogen and oxygen atoms in total. The fraction of sp³-hybridized carbons (Fsp3) is 0.567. The number of fused-ring (bicyclic) bond motifs is 1. The number of nitrogens with one attached hydrogen (secondary N) is 1. The van der Waals surface area contributed by atoms with Gasteiger partial charge in [-0.05, 0) is 75.5 Å². The van der Waals surface area contributed by atoms with Crippen LogP contribution in [-0.2, 0) is 25.7 Å². The highest BCUT2D eigenvalue weighted by Gasteiger charge is 2.31. The first-order chi connectivity index (χ1) is 18.7. The zero-order valence-corrected chi connectivity index (χ0v) is 24.8. The van der Waals surface area contributed by atoms with Gasteiger partial charge in [0.1, 0.15) is 6.04 Å². The van der Waals surface area contributed by atoms with E-state index in [-0.39, 0.29) is 30.5 Å². The number of likely N-dealkylation sites (N-methyl/N-ethyl adjacent to an activating group) is 1. The first-order valence-corrected chi connectivity index (χ1v) is 15.2. The van der Waals surface area contributed by atoms with Crippen LogP contribution in [-0.4, -0.2) is 103 Å². The predicted molar refractivity (Wildman–Crippen MR) is 159 cm³/mol. The first-order valence-electron chi connectivity index (χ1n) is 13.8. The lowest BCUT2D eigenvalue weighted by molar-refractivity contribution is -0.151. The van der Waals surface area contributed by atoms with Gasteiger partial charge in [-0.1, -0.05) is 42.5 Å². The van der Waals surface area contributed by atoms with E-state index in [0.29, 0.717) is 26.1 Å². The van der Waals surface area contributed by atoms with Gasteiger partial charge in [0, 0.05) is 25.7 Å². The van der Waals surface area contributed by atoms with Crippen molar-refractivity contribution < 1.29 is 19.1 Å². The summed E-state index contributed by atoms with van der Waals surface area (Å²) in [7, 11) is 3.80. The summed E-state index contributed by atoms with van der Waals surface area (Å²) >= 11 is 1.63. The number of carbonyl (C=O) groups excluding carboxylic acids is 3. The van der Waals surface area contributed by atoms with Crippen LogP contribution in [0, 0.1) is 0 Å². The normalized spacial score (nSPS) is 16.3. The molecule has 1 heterocycles. The number of benzene rings is 2. The minimum atomic E-state index is -0.684. The van der Waals surface area contributed by atoms with Crippen LogP contribution in [0.25, 0.3) is 10.8 Å². The smallest absolute Gasteiger partial charge is 0.328 e. The lowest BCUT2D eigenvalue weighted by Crippen LogP contribution is -2.50. The van der Waals surface area contributed by atoms with Gasteiger partial charge >= 0.3 is 5.97 Å². The molecule has 9 heteroatoms. The van der Waals surface area contributed by atoms with Gasteiger partial charge < -0.3 is 19.9 Å². The summed E-state index contributed by atoms with van der Waals surface area (Å²) in [6.07, 6.45) is 4.10. The molecule has 0 spiro atoms. The number of hydrogen-bond acceptors (Lipinski definition) is 7. The Labute approximate surface area is 237 Å². The molecule has 1 aliphatic heterocycles. The third-order valence-electron chi connectivity index (χ3n) is 6.84. The molecule has 2 aromatic rings. The van der Waals surface area contributed by atoms with Crippen LogP contribution in [0.15, 0.2) is 42.5 Å². The van der Waals surface area contributed by atoms with Crippen molar-refractivity contribution in [2.24, 2.45) is 0 Å². The molecule has 1 N–H and O–H groups in total. The minimum Gasteiger partial charge on any atom is -0.461 e. The van der Waals surface area contributed by atoms with Crippen molar-refractivity contribution in [3.8, 4) is 0 Å². The monoisotopic (exact) mass is 556 g/mol. The van der Waals surface area contributed by atoms with Gasteiger partial charge in [-0.25, -0.2) is 4.79 Å². The number of amides is 2. The van der Waals surface area contributed by atoms with Gasteiger partial charge in [-0.2, -0.15) is 11.8 Å². The number of esters is 1. The molecular formula is C30H44N4O4S. The number of nitrogens with zero attached hydrogens (tertiary/aromatic N) is 3. The third kappa shape index (κ3) is 9.51. The van der Waals surface area contributed by atoms with Crippen LogP contribution in [0.4, 0.5) is 0 Å². The fourth-order valence-corrected chi connectivity index (χ4v) is 5.58. The van der Waals surface area contributed by atoms with E-state index in [1.165, 1.54) is 0 Å². The summed E-state index contributed by atoms with van der Waals surface area (Å²) in [5, 5.41) is 5.24. The van der Waals surface area contributed by atoms with Crippen LogP contribution in [0.2, 0.25) is 0 Å². The number of hydrogen-bond donors (Lipinski definition) is 1. The molecule has 1 aliphatic rings. The van der Waals surface area contributed by atoms with Crippen LogP contribution >= 0.6 is 11.8 Å². The Bertz CT molecular complexity index is 1100. The Morgan fingerprint density at radius 3 is 2.56 bits per heavy atom. The number of ether oxygens (including phenoxy) is 1. The van der Waals surface area contributed by atoms with Crippen LogP contribution in [0.5, 0.6) is 0 Å². The van der Waals surface area contributed by atoms with Crippen molar-refractivity contribution in [2.45, 2.75) is 57.8 Å². The predicted octanol–water partition coefficient (Wildman–Crippen LogP) is 3.38. The molecule has 3 rings (SSSR count). The topological polar surface area (TPSA) is 82.2 Å². The molecule has 2 atom stereocenters. The van der Waals surface area contributed by atoms with Crippen LogP contribution < -0.4 is 5.32 Å². The third-order valence-corrected chi connectivity index (χ3v) is 7.49. The number of carbonyl (C=O) groups is 3. The highest BCUT2D eigenvalue weighted by molar-refractivity contribution is 7.98. The van der Waals surface area contributed by atoms with Crippen molar-refractivity contribution >= 4 is 40.3 Å². The maximum atomic E-state index is 13.4. The zero-order valence-electron chi connectivity index (χ0n) is 24.0. The van der Waals surface area contributed by atoms with Crippen LogP contribution in [0.1, 0.15) is 38.7 Å². The van der Waals surface area contributed by atoms with E-state index in [4.69, 9.17) is 4.74 Å². The molecule has 0 bridgehead atoms. The van der Waals surface area contributed by atoms with E-state index in [2.05, 4.69) is 34.5 Å². The van der Waals surface area contributed by atoms with Crippen molar-refractivity contribution in [2.75, 3.05) is 52.3 Å². The average molecular weight is 557 g/mol. The maximum Gasteiger partial charge on any atom is 0.328 e. The molecule has 214 valence electrons. The van der Waals surface area contributed by atoms with Gasteiger partial charge in [0.25, 0.3) is 0 Å². The van der Waals surface area contributed by atoms with Gasteiger partial charge in [-0.15, -0.1) is 0 Å².